The monoisotopic (exact) mass is 467 g/mol. The molecule has 0 radical (unpaired) electrons. The molecule has 30 heavy (non-hydrogen) atoms. The van der Waals surface area contributed by atoms with Gasteiger partial charge < -0.3 is 14.3 Å². The van der Waals surface area contributed by atoms with Crippen molar-refractivity contribution in [2.75, 3.05) is 13.1 Å². The first-order valence-corrected chi connectivity index (χ1v) is 11.0. The summed E-state index contributed by atoms with van der Waals surface area (Å²) in [6.07, 6.45) is 4.00. The number of allylic oxidation sites excluding steroid dienone is 1. The lowest BCUT2D eigenvalue weighted by molar-refractivity contribution is 0.101. The van der Waals surface area contributed by atoms with Crippen molar-refractivity contribution < 1.29 is 19.1 Å². The Labute approximate surface area is 183 Å². The molecule has 1 atom stereocenters. The minimum atomic E-state index is -0.195. The summed E-state index contributed by atoms with van der Waals surface area (Å²) in [5.41, 5.74) is 1.90. The molecule has 3 aromatic rings. The molecule has 1 N–H and O–H groups in total. The van der Waals surface area contributed by atoms with Crippen LogP contribution in [0.5, 0.6) is 11.5 Å². The minimum Gasteiger partial charge on any atom is -0.507 e. The molecule has 0 unspecified atom stereocenters. The lowest BCUT2D eigenvalue weighted by atomic mass is 9.99. The van der Waals surface area contributed by atoms with Gasteiger partial charge >= 0.3 is 0 Å². The van der Waals surface area contributed by atoms with Gasteiger partial charge in [0, 0.05) is 29.0 Å². The molecule has 2 aliphatic rings. The Bertz CT molecular complexity index is 1180. The van der Waals surface area contributed by atoms with Crippen molar-refractivity contribution in [1.29, 1.82) is 0 Å². The van der Waals surface area contributed by atoms with Gasteiger partial charge in [0.05, 0.1) is 11.1 Å². The van der Waals surface area contributed by atoms with Crippen LogP contribution < -0.4 is 4.74 Å². The number of ketones is 1. The Morgan fingerprint density at radius 1 is 1.27 bits per heavy atom. The number of carbonyl (C=O) groups excluding carboxylic acids is 1. The largest absolute Gasteiger partial charge is 0.507 e. The summed E-state index contributed by atoms with van der Waals surface area (Å²) >= 11 is 3.45. The molecular weight excluding hydrogens is 446 g/mol. The second-order valence-corrected chi connectivity index (χ2v) is 9.11. The van der Waals surface area contributed by atoms with Gasteiger partial charge in [-0.2, -0.15) is 0 Å². The second kappa shape index (κ2) is 7.60. The predicted octanol–water partition coefficient (Wildman–Crippen LogP) is 5.75. The van der Waals surface area contributed by atoms with Crippen LogP contribution in [0.3, 0.4) is 0 Å². The van der Waals surface area contributed by atoms with E-state index in [1.165, 1.54) is 6.42 Å². The highest BCUT2D eigenvalue weighted by molar-refractivity contribution is 9.10. The first-order valence-electron chi connectivity index (χ1n) is 10.2. The number of likely N-dealkylation sites (tertiary alicyclic amines) is 1. The third-order valence-corrected chi connectivity index (χ3v) is 6.30. The molecule has 1 aromatic heterocycles. The molecule has 1 saturated heterocycles. The van der Waals surface area contributed by atoms with E-state index in [-0.39, 0.29) is 17.3 Å². The Balaban J connectivity index is 1.46. The minimum absolute atomic E-state index is 0.162. The summed E-state index contributed by atoms with van der Waals surface area (Å²) in [7, 11) is 0. The van der Waals surface area contributed by atoms with Crippen LogP contribution in [-0.4, -0.2) is 28.9 Å². The molecule has 5 nitrogen and oxygen atoms in total. The number of fused-ring (bicyclic) bond motifs is 2. The maximum atomic E-state index is 12.9. The number of piperidine rings is 1. The number of ether oxygens (including phenoxy) is 1. The van der Waals surface area contributed by atoms with Gasteiger partial charge in [0.25, 0.3) is 0 Å². The molecular formula is C24H22BrNO4. The van der Waals surface area contributed by atoms with Crippen molar-refractivity contribution in [2.45, 2.75) is 26.3 Å². The molecule has 6 heteroatoms. The average Bonchev–Trinajstić information content (AvgIpc) is 3.25. The number of aromatic hydroxyl groups is 1. The first-order chi connectivity index (χ1) is 14.5. The van der Waals surface area contributed by atoms with Crippen molar-refractivity contribution in [3.63, 3.8) is 0 Å². The van der Waals surface area contributed by atoms with Crippen molar-refractivity contribution in [3.8, 4) is 11.5 Å². The van der Waals surface area contributed by atoms with Crippen LogP contribution in [0.15, 0.2) is 51.0 Å². The fourth-order valence-corrected chi connectivity index (χ4v) is 4.72. The quantitative estimate of drug-likeness (QED) is 0.496. The zero-order valence-corrected chi connectivity index (χ0v) is 18.2. The molecule has 2 aliphatic heterocycles. The van der Waals surface area contributed by atoms with E-state index in [1.54, 1.807) is 18.2 Å². The Kier molecular flexibility index (Phi) is 4.91. The summed E-state index contributed by atoms with van der Waals surface area (Å²) < 4.78 is 12.8. The van der Waals surface area contributed by atoms with Gasteiger partial charge in [-0.05, 0) is 61.7 Å². The zero-order chi connectivity index (χ0) is 20.8. The Morgan fingerprint density at radius 3 is 2.97 bits per heavy atom. The number of phenolic OH excluding ortho intramolecular Hbond substituents is 1. The number of halogens is 1. The van der Waals surface area contributed by atoms with Crippen LogP contribution in [0.25, 0.3) is 17.0 Å². The van der Waals surface area contributed by atoms with E-state index in [2.05, 4.69) is 27.8 Å². The molecule has 3 heterocycles. The number of furan rings is 1. The molecule has 1 fully saturated rings. The lowest BCUT2D eigenvalue weighted by Crippen LogP contribution is -2.33. The average molecular weight is 468 g/mol. The number of nitrogens with zero attached hydrogens (tertiary/aromatic N) is 1. The summed E-state index contributed by atoms with van der Waals surface area (Å²) in [6.45, 7) is 4.78. The van der Waals surface area contributed by atoms with E-state index in [1.807, 2.05) is 24.3 Å². The van der Waals surface area contributed by atoms with Crippen LogP contribution in [0.2, 0.25) is 0 Å². The maximum Gasteiger partial charge on any atom is 0.232 e. The third-order valence-electron chi connectivity index (χ3n) is 5.81. The van der Waals surface area contributed by atoms with Crippen LogP contribution >= 0.6 is 15.9 Å². The summed E-state index contributed by atoms with van der Waals surface area (Å²) in [4.78, 5) is 15.3. The Morgan fingerprint density at radius 2 is 2.13 bits per heavy atom. The molecule has 5 rings (SSSR count). The molecule has 0 bridgehead atoms. The molecule has 0 spiro atoms. The summed E-state index contributed by atoms with van der Waals surface area (Å²) in [5, 5.41) is 11.4. The van der Waals surface area contributed by atoms with E-state index in [9.17, 15) is 9.90 Å². The smallest absolute Gasteiger partial charge is 0.232 e. The number of Topliss-reactive ketones (excluding diaryl/α,β-unsaturated/α-hetero) is 1. The molecule has 2 aromatic carbocycles. The van der Waals surface area contributed by atoms with Crippen molar-refractivity contribution in [3.05, 3.63) is 63.5 Å². The van der Waals surface area contributed by atoms with Gasteiger partial charge in [-0.3, -0.25) is 9.69 Å². The van der Waals surface area contributed by atoms with Crippen LogP contribution in [0.1, 0.15) is 41.4 Å². The van der Waals surface area contributed by atoms with Gasteiger partial charge in [0.2, 0.25) is 5.78 Å². The number of rotatable bonds is 3. The molecule has 0 saturated carbocycles. The van der Waals surface area contributed by atoms with E-state index >= 15 is 0 Å². The van der Waals surface area contributed by atoms with Gasteiger partial charge in [-0.15, -0.1) is 0 Å². The van der Waals surface area contributed by atoms with Crippen molar-refractivity contribution in [1.82, 2.24) is 4.90 Å². The van der Waals surface area contributed by atoms with Crippen molar-refractivity contribution in [2.24, 2.45) is 5.92 Å². The third kappa shape index (κ3) is 3.55. The zero-order valence-electron chi connectivity index (χ0n) is 16.7. The first kappa shape index (κ1) is 19.4. The van der Waals surface area contributed by atoms with E-state index in [0.717, 1.165) is 35.0 Å². The fraction of sp³-hybridized carbons (Fsp3) is 0.292. The Hall–Kier alpha value is -2.57. The standard InChI is InChI=1S/C24H22BrNO4/c1-14-3-2-8-26(12-14)13-19-20(27)6-5-18-23(28)22(30-24(18)19)11-17-10-15-9-16(25)4-7-21(15)29-17/h4-7,9-11,14,27H,2-3,8,12-13H2,1H3/t14-/m0/s1. The van der Waals surface area contributed by atoms with E-state index in [0.29, 0.717) is 35.1 Å². The number of hydrogen-bond donors (Lipinski definition) is 1. The van der Waals surface area contributed by atoms with Crippen LogP contribution in [0, 0.1) is 5.92 Å². The summed E-state index contributed by atoms with van der Waals surface area (Å²) in [6, 6.07) is 10.8. The van der Waals surface area contributed by atoms with Crippen molar-refractivity contribution >= 4 is 38.8 Å². The number of carbonyl (C=O) groups is 1. The highest BCUT2D eigenvalue weighted by Gasteiger charge is 2.32. The van der Waals surface area contributed by atoms with Gasteiger partial charge in [0.1, 0.15) is 22.8 Å². The number of benzene rings is 2. The molecule has 154 valence electrons. The number of phenols is 1. The van der Waals surface area contributed by atoms with Crippen LogP contribution in [0.4, 0.5) is 0 Å². The highest BCUT2D eigenvalue weighted by atomic mass is 79.9. The van der Waals surface area contributed by atoms with Gasteiger partial charge in [-0.25, -0.2) is 0 Å². The fourth-order valence-electron chi connectivity index (χ4n) is 4.34. The van der Waals surface area contributed by atoms with E-state index in [4.69, 9.17) is 9.15 Å². The molecule has 0 aliphatic carbocycles. The highest BCUT2D eigenvalue weighted by Crippen LogP contribution is 2.40. The normalized spacial score (nSPS) is 20.7. The SMILES string of the molecule is C[C@H]1CCCN(Cc2c(O)ccc3c2OC(=Cc2cc4cc(Br)ccc4o2)C3=O)C1. The predicted molar refractivity (Wildman–Crippen MR) is 119 cm³/mol. The second-order valence-electron chi connectivity index (χ2n) is 8.19. The molecule has 0 amide bonds. The topological polar surface area (TPSA) is 62.9 Å². The summed E-state index contributed by atoms with van der Waals surface area (Å²) in [5.74, 6) is 1.82. The lowest BCUT2D eigenvalue weighted by Gasteiger charge is -2.31. The maximum absolute atomic E-state index is 12.9. The van der Waals surface area contributed by atoms with Crippen LogP contribution in [-0.2, 0) is 6.54 Å². The van der Waals surface area contributed by atoms with Gasteiger partial charge in [-0.1, -0.05) is 22.9 Å². The van der Waals surface area contributed by atoms with E-state index < -0.39 is 0 Å². The number of hydrogen-bond acceptors (Lipinski definition) is 5. The van der Waals surface area contributed by atoms with Gasteiger partial charge in [0.15, 0.2) is 5.76 Å².